The van der Waals surface area contributed by atoms with Crippen molar-refractivity contribution < 1.29 is 14.3 Å². The third kappa shape index (κ3) is 4.28. The second kappa shape index (κ2) is 6.90. The van der Waals surface area contributed by atoms with Crippen LogP contribution < -0.4 is 5.32 Å². The van der Waals surface area contributed by atoms with Crippen LogP contribution >= 0.6 is 11.3 Å². The lowest BCUT2D eigenvalue weighted by atomic mass is 9.95. The summed E-state index contributed by atoms with van der Waals surface area (Å²) in [5.41, 5.74) is 0.0954. The quantitative estimate of drug-likeness (QED) is 0.849. The summed E-state index contributed by atoms with van der Waals surface area (Å²) >= 11 is 1.67. The highest BCUT2D eigenvalue weighted by Gasteiger charge is 2.27. The van der Waals surface area contributed by atoms with E-state index in [2.05, 4.69) is 32.2 Å². The first-order valence-electron chi connectivity index (χ1n) is 7.45. The van der Waals surface area contributed by atoms with Crippen LogP contribution in [-0.4, -0.2) is 32.3 Å². The third-order valence-corrected chi connectivity index (χ3v) is 5.24. The Morgan fingerprint density at radius 1 is 1.52 bits per heavy atom. The van der Waals surface area contributed by atoms with Gasteiger partial charge in [-0.05, 0) is 30.4 Å². The number of carbonyl (C=O) groups is 1. The van der Waals surface area contributed by atoms with E-state index in [1.165, 1.54) is 12.0 Å². The molecule has 1 saturated heterocycles. The molecule has 1 aromatic rings. The molecule has 1 fully saturated rings. The molecule has 2 atom stereocenters. The molecule has 0 spiro atoms. The molecule has 4 nitrogen and oxygen atoms in total. The van der Waals surface area contributed by atoms with Crippen LogP contribution in [-0.2, 0) is 19.7 Å². The monoisotopic (exact) mass is 311 g/mol. The maximum atomic E-state index is 12.1. The van der Waals surface area contributed by atoms with Crippen molar-refractivity contribution in [2.75, 3.05) is 20.3 Å². The SMILES string of the molecule is COC(=O)C(NCC1CCCO1)c1ccc(C(C)(C)C)s1. The van der Waals surface area contributed by atoms with Gasteiger partial charge >= 0.3 is 5.97 Å². The highest BCUT2D eigenvalue weighted by atomic mass is 32.1. The fraction of sp³-hybridized carbons (Fsp3) is 0.688. The number of esters is 1. The van der Waals surface area contributed by atoms with Gasteiger partial charge in [-0.2, -0.15) is 0 Å². The van der Waals surface area contributed by atoms with E-state index in [-0.39, 0.29) is 17.5 Å². The Morgan fingerprint density at radius 3 is 2.81 bits per heavy atom. The van der Waals surface area contributed by atoms with Gasteiger partial charge < -0.3 is 9.47 Å². The van der Waals surface area contributed by atoms with Crippen molar-refractivity contribution in [2.24, 2.45) is 0 Å². The Balaban J connectivity index is 2.07. The van der Waals surface area contributed by atoms with Crippen molar-refractivity contribution in [3.63, 3.8) is 0 Å². The minimum atomic E-state index is -0.403. The summed E-state index contributed by atoms with van der Waals surface area (Å²) in [6.45, 7) is 8.03. The molecule has 21 heavy (non-hydrogen) atoms. The van der Waals surface area contributed by atoms with Gasteiger partial charge in [-0.1, -0.05) is 20.8 Å². The fourth-order valence-electron chi connectivity index (χ4n) is 2.38. The standard InChI is InChI=1S/C16H25NO3S/c1-16(2,3)13-8-7-12(21-13)14(15(18)19-4)17-10-11-6-5-9-20-11/h7-8,11,14,17H,5-6,9-10H2,1-4H3. The Labute approximate surface area is 130 Å². The zero-order valence-electron chi connectivity index (χ0n) is 13.3. The van der Waals surface area contributed by atoms with E-state index < -0.39 is 6.04 Å². The average molecular weight is 311 g/mol. The number of nitrogens with one attached hydrogen (secondary N) is 1. The molecule has 5 heteroatoms. The molecular weight excluding hydrogens is 286 g/mol. The fourth-order valence-corrected chi connectivity index (χ4v) is 3.51. The van der Waals surface area contributed by atoms with Crippen LogP contribution in [0.15, 0.2) is 12.1 Å². The van der Waals surface area contributed by atoms with Crippen molar-refractivity contribution in [3.05, 3.63) is 21.9 Å². The van der Waals surface area contributed by atoms with Crippen LogP contribution in [0.4, 0.5) is 0 Å². The molecule has 1 aromatic heterocycles. The zero-order valence-corrected chi connectivity index (χ0v) is 14.1. The number of hydrogen-bond donors (Lipinski definition) is 1. The number of thiophene rings is 1. The largest absolute Gasteiger partial charge is 0.468 e. The topological polar surface area (TPSA) is 47.6 Å². The Bertz CT molecular complexity index is 472. The first-order chi connectivity index (χ1) is 9.91. The van der Waals surface area contributed by atoms with Gasteiger partial charge in [-0.15, -0.1) is 11.3 Å². The maximum Gasteiger partial charge on any atom is 0.328 e. The molecular formula is C16H25NO3S. The van der Waals surface area contributed by atoms with E-state index >= 15 is 0 Å². The Kier molecular flexibility index (Phi) is 5.41. The van der Waals surface area contributed by atoms with E-state index in [1.54, 1.807) is 11.3 Å². The highest BCUT2D eigenvalue weighted by molar-refractivity contribution is 7.12. The van der Waals surface area contributed by atoms with Gasteiger partial charge in [-0.3, -0.25) is 5.32 Å². The summed E-state index contributed by atoms with van der Waals surface area (Å²) < 4.78 is 10.5. The summed E-state index contributed by atoms with van der Waals surface area (Å²) in [5.74, 6) is -0.240. The number of methoxy groups -OCH3 is 1. The Hall–Kier alpha value is -0.910. The van der Waals surface area contributed by atoms with E-state index in [4.69, 9.17) is 9.47 Å². The smallest absolute Gasteiger partial charge is 0.328 e. The van der Waals surface area contributed by atoms with Gasteiger partial charge in [0.15, 0.2) is 0 Å². The van der Waals surface area contributed by atoms with E-state index in [0.717, 1.165) is 24.3 Å². The predicted octanol–water partition coefficient (Wildman–Crippen LogP) is 3.03. The minimum Gasteiger partial charge on any atom is -0.468 e. The second-order valence-electron chi connectivity index (χ2n) is 6.45. The lowest BCUT2D eigenvalue weighted by Gasteiger charge is -2.19. The molecule has 1 N–H and O–H groups in total. The number of rotatable bonds is 5. The van der Waals surface area contributed by atoms with Gasteiger partial charge in [-0.25, -0.2) is 4.79 Å². The maximum absolute atomic E-state index is 12.1. The van der Waals surface area contributed by atoms with Crippen molar-refractivity contribution in [1.29, 1.82) is 0 Å². The summed E-state index contributed by atoms with van der Waals surface area (Å²) in [4.78, 5) is 14.3. The van der Waals surface area contributed by atoms with Crippen LogP contribution in [0.25, 0.3) is 0 Å². The first-order valence-corrected chi connectivity index (χ1v) is 8.26. The summed E-state index contributed by atoms with van der Waals surface area (Å²) in [5, 5.41) is 3.30. The summed E-state index contributed by atoms with van der Waals surface area (Å²) in [6.07, 6.45) is 2.36. The Morgan fingerprint density at radius 2 is 2.29 bits per heavy atom. The highest BCUT2D eigenvalue weighted by Crippen LogP contribution is 2.32. The van der Waals surface area contributed by atoms with Crippen molar-refractivity contribution in [1.82, 2.24) is 5.32 Å². The molecule has 2 rings (SSSR count). The zero-order chi connectivity index (χ0) is 15.5. The molecule has 2 unspecified atom stereocenters. The molecule has 118 valence electrons. The lowest BCUT2D eigenvalue weighted by Crippen LogP contribution is -2.34. The van der Waals surface area contributed by atoms with Crippen molar-refractivity contribution in [3.8, 4) is 0 Å². The lowest BCUT2D eigenvalue weighted by molar-refractivity contribution is -0.143. The molecule has 1 aliphatic rings. The third-order valence-electron chi connectivity index (χ3n) is 3.66. The number of ether oxygens (including phenoxy) is 2. The van der Waals surface area contributed by atoms with Crippen molar-refractivity contribution in [2.45, 2.75) is 51.2 Å². The minimum absolute atomic E-state index is 0.0954. The number of carbonyl (C=O) groups excluding carboxylic acids is 1. The van der Waals surface area contributed by atoms with Gasteiger partial charge in [0.1, 0.15) is 6.04 Å². The molecule has 0 bridgehead atoms. The molecule has 0 amide bonds. The average Bonchev–Trinajstić information content (AvgIpc) is 3.08. The number of hydrogen-bond acceptors (Lipinski definition) is 5. The van der Waals surface area contributed by atoms with Crippen molar-refractivity contribution >= 4 is 17.3 Å². The molecule has 0 radical (unpaired) electrons. The van der Waals surface area contributed by atoms with E-state index in [1.807, 2.05) is 6.07 Å². The van der Waals surface area contributed by atoms with Gasteiger partial charge in [0.25, 0.3) is 0 Å². The summed E-state index contributed by atoms with van der Waals surface area (Å²) in [6, 6.07) is 3.72. The van der Waals surface area contributed by atoms with Gasteiger partial charge in [0, 0.05) is 22.9 Å². The van der Waals surface area contributed by atoms with Crippen LogP contribution in [0.1, 0.15) is 49.4 Å². The normalized spacial score (nSPS) is 20.5. The van der Waals surface area contributed by atoms with Gasteiger partial charge in [0.2, 0.25) is 0 Å². The second-order valence-corrected chi connectivity index (χ2v) is 7.57. The van der Waals surface area contributed by atoms with Crippen LogP contribution in [0.2, 0.25) is 0 Å². The van der Waals surface area contributed by atoms with Gasteiger partial charge in [0.05, 0.1) is 13.2 Å². The summed E-state index contributed by atoms with van der Waals surface area (Å²) in [7, 11) is 1.43. The molecule has 0 aliphatic carbocycles. The molecule has 0 aromatic carbocycles. The van der Waals surface area contributed by atoms with E-state index in [0.29, 0.717) is 6.54 Å². The molecule has 0 saturated carbocycles. The van der Waals surface area contributed by atoms with E-state index in [9.17, 15) is 4.79 Å². The van der Waals surface area contributed by atoms with Crippen LogP contribution in [0.3, 0.4) is 0 Å². The first kappa shape index (κ1) is 16.5. The van der Waals surface area contributed by atoms with Crippen LogP contribution in [0, 0.1) is 0 Å². The predicted molar refractivity (Wildman–Crippen MR) is 84.8 cm³/mol. The molecule has 1 aliphatic heterocycles. The van der Waals surface area contributed by atoms with Crippen LogP contribution in [0.5, 0.6) is 0 Å². The molecule has 2 heterocycles.